The topological polar surface area (TPSA) is 60.9 Å². The average molecular weight is 281 g/mol. The Hall–Kier alpha value is -2.69. The Morgan fingerprint density at radius 3 is 2.76 bits per heavy atom. The lowest BCUT2D eigenvalue weighted by Gasteiger charge is -2.01. The van der Waals surface area contributed by atoms with Crippen LogP contribution < -0.4 is 5.56 Å². The van der Waals surface area contributed by atoms with E-state index in [1.54, 1.807) is 23.8 Å². The molecule has 0 unspecified atom stereocenters. The van der Waals surface area contributed by atoms with Crippen molar-refractivity contribution in [1.29, 1.82) is 0 Å². The van der Waals surface area contributed by atoms with Gasteiger partial charge >= 0.3 is 0 Å². The molecule has 0 saturated heterocycles. The summed E-state index contributed by atoms with van der Waals surface area (Å²) < 4.78 is 6.78. The maximum atomic E-state index is 11.9. The number of hydrogen-bond acceptors (Lipinski definition) is 4. The molecule has 5 nitrogen and oxygen atoms in total. The molecule has 3 rings (SSSR count). The van der Waals surface area contributed by atoms with Crippen LogP contribution in [0.4, 0.5) is 0 Å². The van der Waals surface area contributed by atoms with E-state index < -0.39 is 0 Å². The molecule has 0 saturated carbocycles. The van der Waals surface area contributed by atoms with Gasteiger partial charge in [0.15, 0.2) is 5.82 Å². The molecule has 0 N–H and O–H groups in total. The summed E-state index contributed by atoms with van der Waals surface area (Å²) in [6.45, 7) is 2.08. The molecule has 2 heterocycles. The monoisotopic (exact) mass is 281 g/mol. The van der Waals surface area contributed by atoms with Crippen molar-refractivity contribution < 1.29 is 4.52 Å². The molecule has 0 fully saturated rings. The summed E-state index contributed by atoms with van der Waals surface area (Å²) in [5, 5.41) is 3.96. The number of hydrogen-bond donors (Lipinski definition) is 0. The molecule has 0 aliphatic rings. The van der Waals surface area contributed by atoms with Gasteiger partial charge in [-0.1, -0.05) is 41.6 Å². The van der Waals surface area contributed by atoms with Crippen molar-refractivity contribution in [3.63, 3.8) is 0 Å². The summed E-state index contributed by atoms with van der Waals surface area (Å²) in [4.78, 5) is 16.3. The van der Waals surface area contributed by atoms with Gasteiger partial charge in [0.2, 0.25) is 5.89 Å². The van der Waals surface area contributed by atoms with E-state index in [1.165, 1.54) is 0 Å². The van der Waals surface area contributed by atoms with Crippen molar-refractivity contribution in [1.82, 2.24) is 14.7 Å². The second-order valence-corrected chi connectivity index (χ2v) is 4.89. The van der Waals surface area contributed by atoms with Crippen LogP contribution in [0, 0.1) is 6.92 Å². The highest BCUT2D eigenvalue weighted by Crippen LogP contribution is 2.07. The predicted octanol–water partition coefficient (Wildman–Crippen LogP) is 2.18. The van der Waals surface area contributed by atoms with Crippen LogP contribution >= 0.6 is 0 Å². The molecular formula is C16H15N3O2. The van der Waals surface area contributed by atoms with Crippen LogP contribution in [0.2, 0.25) is 0 Å². The van der Waals surface area contributed by atoms with E-state index in [2.05, 4.69) is 10.1 Å². The van der Waals surface area contributed by atoms with Crippen LogP contribution in [0.3, 0.4) is 0 Å². The molecule has 0 aliphatic heterocycles. The Balaban J connectivity index is 1.76. The first kappa shape index (κ1) is 13.3. The van der Waals surface area contributed by atoms with Crippen LogP contribution in [-0.4, -0.2) is 14.7 Å². The maximum absolute atomic E-state index is 11.9. The molecule has 0 bridgehead atoms. The Morgan fingerprint density at radius 1 is 1.14 bits per heavy atom. The van der Waals surface area contributed by atoms with Gasteiger partial charge in [-0.25, -0.2) is 0 Å². The first-order valence-electron chi connectivity index (χ1n) is 6.74. The van der Waals surface area contributed by atoms with Gasteiger partial charge in [-0.15, -0.1) is 0 Å². The van der Waals surface area contributed by atoms with E-state index in [-0.39, 0.29) is 5.56 Å². The summed E-state index contributed by atoms with van der Waals surface area (Å²) in [6, 6.07) is 13.6. The molecule has 3 aromatic rings. The summed E-state index contributed by atoms with van der Waals surface area (Å²) in [5.74, 6) is 1.06. The van der Waals surface area contributed by atoms with E-state index in [9.17, 15) is 4.79 Å². The maximum Gasteiger partial charge on any atom is 0.253 e. The highest BCUT2D eigenvalue weighted by Gasteiger charge is 2.09. The number of aryl methyl sites for hydroxylation is 1. The molecule has 0 spiro atoms. The summed E-state index contributed by atoms with van der Waals surface area (Å²) in [5.41, 5.74) is 1.78. The van der Waals surface area contributed by atoms with Crippen molar-refractivity contribution in [2.45, 2.75) is 19.9 Å². The SMILES string of the molecule is Cc1cccn(Cc2nc(Cc3ccccc3)no2)c1=O. The van der Waals surface area contributed by atoms with Crippen LogP contribution in [0.15, 0.2) is 58.0 Å². The van der Waals surface area contributed by atoms with Crippen LogP contribution in [0.25, 0.3) is 0 Å². The van der Waals surface area contributed by atoms with Gasteiger partial charge in [-0.05, 0) is 18.6 Å². The normalized spacial score (nSPS) is 10.7. The molecule has 0 radical (unpaired) electrons. The van der Waals surface area contributed by atoms with Gasteiger partial charge in [0, 0.05) is 18.2 Å². The van der Waals surface area contributed by atoms with E-state index in [1.807, 2.05) is 36.4 Å². The number of nitrogens with zero attached hydrogens (tertiary/aromatic N) is 3. The fraction of sp³-hybridized carbons (Fsp3) is 0.188. The fourth-order valence-corrected chi connectivity index (χ4v) is 2.13. The van der Waals surface area contributed by atoms with Crippen LogP contribution in [0.1, 0.15) is 22.8 Å². The minimum absolute atomic E-state index is 0.0414. The van der Waals surface area contributed by atoms with E-state index in [0.29, 0.717) is 30.2 Å². The van der Waals surface area contributed by atoms with Gasteiger partial charge in [-0.3, -0.25) is 4.79 Å². The van der Waals surface area contributed by atoms with Crippen molar-refractivity contribution in [2.75, 3.05) is 0 Å². The van der Waals surface area contributed by atoms with Crippen molar-refractivity contribution in [3.8, 4) is 0 Å². The first-order chi connectivity index (χ1) is 10.2. The third kappa shape index (κ3) is 3.08. The summed E-state index contributed by atoms with van der Waals surface area (Å²) in [7, 11) is 0. The molecule has 2 aromatic heterocycles. The van der Waals surface area contributed by atoms with Gasteiger partial charge in [0.25, 0.3) is 5.56 Å². The Labute approximate surface area is 121 Å². The van der Waals surface area contributed by atoms with Gasteiger partial charge in [0.1, 0.15) is 6.54 Å². The standard InChI is InChI=1S/C16H15N3O2/c1-12-6-5-9-19(16(12)20)11-15-17-14(18-21-15)10-13-7-3-2-4-8-13/h2-9H,10-11H2,1H3. The molecule has 0 amide bonds. The van der Waals surface area contributed by atoms with E-state index >= 15 is 0 Å². The van der Waals surface area contributed by atoms with E-state index in [0.717, 1.165) is 5.56 Å². The lowest BCUT2D eigenvalue weighted by molar-refractivity contribution is 0.365. The highest BCUT2D eigenvalue weighted by molar-refractivity contribution is 5.18. The third-order valence-electron chi connectivity index (χ3n) is 3.23. The lowest BCUT2D eigenvalue weighted by Crippen LogP contribution is -2.21. The Morgan fingerprint density at radius 2 is 1.95 bits per heavy atom. The highest BCUT2D eigenvalue weighted by atomic mass is 16.5. The quantitative estimate of drug-likeness (QED) is 0.735. The minimum Gasteiger partial charge on any atom is -0.337 e. The molecule has 0 aliphatic carbocycles. The minimum atomic E-state index is -0.0414. The zero-order chi connectivity index (χ0) is 14.7. The van der Waals surface area contributed by atoms with Gasteiger partial charge < -0.3 is 9.09 Å². The molecule has 106 valence electrons. The third-order valence-corrected chi connectivity index (χ3v) is 3.23. The molecule has 0 atom stereocenters. The molecule has 21 heavy (non-hydrogen) atoms. The fourth-order valence-electron chi connectivity index (χ4n) is 2.13. The van der Waals surface area contributed by atoms with E-state index in [4.69, 9.17) is 4.52 Å². The molecule has 1 aromatic carbocycles. The largest absolute Gasteiger partial charge is 0.337 e. The zero-order valence-corrected chi connectivity index (χ0v) is 11.7. The number of pyridine rings is 1. The smallest absolute Gasteiger partial charge is 0.253 e. The number of aromatic nitrogens is 3. The second-order valence-electron chi connectivity index (χ2n) is 4.89. The summed E-state index contributed by atoms with van der Waals surface area (Å²) >= 11 is 0. The Kier molecular flexibility index (Phi) is 3.64. The van der Waals surface area contributed by atoms with Crippen LogP contribution in [0.5, 0.6) is 0 Å². The average Bonchev–Trinajstić information content (AvgIpc) is 2.92. The zero-order valence-electron chi connectivity index (χ0n) is 11.7. The number of benzene rings is 1. The lowest BCUT2D eigenvalue weighted by atomic mass is 10.1. The molecule has 5 heteroatoms. The molecular weight excluding hydrogens is 266 g/mol. The van der Waals surface area contributed by atoms with Gasteiger partial charge in [-0.2, -0.15) is 4.98 Å². The van der Waals surface area contributed by atoms with Crippen molar-refractivity contribution in [2.24, 2.45) is 0 Å². The summed E-state index contributed by atoms with van der Waals surface area (Å²) in [6.07, 6.45) is 2.34. The Bertz CT molecular complexity index is 791. The van der Waals surface area contributed by atoms with Crippen molar-refractivity contribution in [3.05, 3.63) is 81.9 Å². The van der Waals surface area contributed by atoms with Crippen LogP contribution in [-0.2, 0) is 13.0 Å². The predicted molar refractivity (Wildman–Crippen MR) is 78.1 cm³/mol. The van der Waals surface area contributed by atoms with Gasteiger partial charge in [0.05, 0.1) is 0 Å². The second kappa shape index (κ2) is 5.75. The number of rotatable bonds is 4. The van der Waals surface area contributed by atoms with Crippen molar-refractivity contribution >= 4 is 0 Å². The first-order valence-corrected chi connectivity index (χ1v) is 6.74.